The minimum atomic E-state index is 0.324. The second kappa shape index (κ2) is 5.64. The van der Waals surface area contributed by atoms with E-state index in [0.29, 0.717) is 12.6 Å². The molecule has 1 aromatic heterocycles. The SMILES string of the molecule is OC[C@@H]1CCCCN1CCc1cccs1. The molecule has 0 amide bonds. The molecule has 3 heteroatoms. The van der Waals surface area contributed by atoms with Gasteiger partial charge in [0.05, 0.1) is 6.61 Å². The van der Waals surface area contributed by atoms with Crippen LogP contribution in [0.2, 0.25) is 0 Å². The molecule has 0 saturated carbocycles. The summed E-state index contributed by atoms with van der Waals surface area (Å²) in [5, 5.41) is 11.4. The third-order valence-electron chi connectivity index (χ3n) is 3.19. The van der Waals surface area contributed by atoms with Crippen molar-refractivity contribution >= 4 is 11.3 Å². The average Bonchev–Trinajstić information content (AvgIpc) is 2.79. The molecular formula is C12H19NOS. The molecule has 2 rings (SSSR count). The highest BCUT2D eigenvalue weighted by Crippen LogP contribution is 2.18. The molecule has 1 N–H and O–H groups in total. The van der Waals surface area contributed by atoms with E-state index < -0.39 is 0 Å². The van der Waals surface area contributed by atoms with E-state index in [0.717, 1.165) is 19.5 Å². The van der Waals surface area contributed by atoms with Gasteiger partial charge in [-0.05, 0) is 37.3 Å². The molecule has 0 spiro atoms. The van der Waals surface area contributed by atoms with E-state index in [1.165, 1.54) is 24.1 Å². The minimum absolute atomic E-state index is 0.324. The summed E-state index contributed by atoms with van der Waals surface area (Å²) in [6.07, 6.45) is 4.87. The number of likely N-dealkylation sites (tertiary alicyclic amines) is 1. The zero-order valence-corrected chi connectivity index (χ0v) is 9.88. The molecule has 0 bridgehead atoms. The number of rotatable bonds is 4. The first kappa shape index (κ1) is 11.1. The highest BCUT2D eigenvalue weighted by Gasteiger charge is 2.20. The van der Waals surface area contributed by atoms with Crippen molar-refractivity contribution in [3.63, 3.8) is 0 Å². The third-order valence-corrected chi connectivity index (χ3v) is 4.12. The van der Waals surface area contributed by atoms with Gasteiger partial charge in [0.1, 0.15) is 0 Å². The Labute approximate surface area is 95.5 Å². The second-order valence-electron chi connectivity index (χ2n) is 4.20. The molecular weight excluding hydrogens is 206 g/mol. The van der Waals surface area contributed by atoms with E-state index in [1.807, 2.05) is 11.3 Å². The zero-order chi connectivity index (χ0) is 10.5. The normalized spacial score (nSPS) is 23.1. The summed E-state index contributed by atoms with van der Waals surface area (Å²) in [5.41, 5.74) is 0. The predicted molar refractivity (Wildman–Crippen MR) is 64.3 cm³/mol. The smallest absolute Gasteiger partial charge is 0.0586 e. The van der Waals surface area contributed by atoms with Crippen LogP contribution in [0.25, 0.3) is 0 Å². The summed E-state index contributed by atoms with van der Waals surface area (Å²) in [7, 11) is 0. The fourth-order valence-electron chi connectivity index (χ4n) is 2.27. The topological polar surface area (TPSA) is 23.5 Å². The standard InChI is InChI=1S/C12H19NOS/c14-10-11-4-1-2-7-13(11)8-6-12-5-3-9-15-12/h3,5,9,11,14H,1-2,4,6-8,10H2/t11-/m0/s1. The molecule has 0 aliphatic carbocycles. The van der Waals surface area contributed by atoms with Gasteiger partial charge in [0, 0.05) is 17.5 Å². The molecule has 1 aromatic rings. The quantitative estimate of drug-likeness (QED) is 0.848. The van der Waals surface area contributed by atoms with Crippen molar-refractivity contribution < 1.29 is 5.11 Å². The van der Waals surface area contributed by atoms with Gasteiger partial charge >= 0.3 is 0 Å². The lowest BCUT2D eigenvalue weighted by Crippen LogP contribution is -2.42. The number of thiophene rings is 1. The summed E-state index contributed by atoms with van der Waals surface area (Å²) in [5.74, 6) is 0. The van der Waals surface area contributed by atoms with Crippen LogP contribution in [0.15, 0.2) is 17.5 Å². The molecule has 1 fully saturated rings. The lowest BCUT2D eigenvalue weighted by molar-refractivity contribution is 0.0915. The summed E-state index contributed by atoms with van der Waals surface area (Å²) in [4.78, 5) is 3.90. The summed E-state index contributed by atoms with van der Waals surface area (Å²) < 4.78 is 0. The molecule has 1 aliphatic heterocycles. The van der Waals surface area contributed by atoms with Crippen LogP contribution in [0.3, 0.4) is 0 Å². The van der Waals surface area contributed by atoms with E-state index in [-0.39, 0.29) is 0 Å². The van der Waals surface area contributed by atoms with Crippen molar-refractivity contribution in [1.29, 1.82) is 0 Å². The first-order valence-electron chi connectivity index (χ1n) is 5.77. The van der Waals surface area contributed by atoms with Crippen LogP contribution >= 0.6 is 11.3 Å². The Hall–Kier alpha value is -0.380. The molecule has 15 heavy (non-hydrogen) atoms. The van der Waals surface area contributed by atoms with Gasteiger partial charge in [-0.1, -0.05) is 12.5 Å². The number of piperidine rings is 1. The Kier molecular flexibility index (Phi) is 4.18. The van der Waals surface area contributed by atoms with Gasteiger partial charge in [0.15, 0.2) is 0 Å². The van der Waals surface area contributed by atoms with Crippen LogP contribution in [0.1, 0.15) is 24.1 Å². The van der Waals surface area contributed by atoms with Crippen molar-refractivity contribution in [2.75, 3.05) is 19.7 Å². The van der Waals surface area contributed by atoms with Crippen molar-refractivity contribution in [2.24, 2.45) is 0 Å². The van der Waals surface area contributed by atoms with E-state index in [4.69, 9.17) is 0 Å². The Morgan fingerprint density at radius 1 is 1.47 bits per heavy atom. The largest absolute Gasteiger partial charge is 0.395 e. The fraction of sp³-hybridized carbons (Fsp3) is 0.667. The molecule has 2 nitrogen and oxygen atoms in total. The van der Waals surface area contributed by atoms with Crippen molar-refractivity contribution in [1.82, 2.24) is 4.90 Å². The average molecular weight is 225 g/mol. The number of hydrogen-bond acceptors (Lipinski definition) is 3. The maximum atomic E-state index is 9.28. The maximum Gasteiger partial charge on any atom is 0.0586 e. The number of hydrogen-bond donors (Lipinski definition) is 1. The first-order valence-corrected chi connectivity index (χ1v) is 6.65. The summed E-state index contributed by atoms with van der Waals surface area (Å²) in [6, 6.07) is 4.72. The molecule has 2 heterocycles. The first-order chi connectivity index (χ1) is 7.40. The highest BCUT2D eigenvalue weighted by molar-refractivity contribution is 7.09. The maximum absolute atomic E-state index is 9.28. The Morgan fingerprint density at radius 3 is 3.13 bits per heavy atom. The molecule has 0 unspecified atom stereocenters. The van der Waals surface area contributed by atoms with Crippen molar-refractivity contribution in [3.05, 3.63) is 22.4 Å². The van der Waals surface area contributed by atoms with Crippen LogP contribution in [-0.2, 0) is 6.42 Å². The van der Waals surface area contributed by atoms with Crippen molar-refractivity contribution in [3.8, 4) is 0 Å². The second-order valence-corrected chi connectivity index (χ2v) is 5.23. The van der Waals surface area contributed by atoms with Crippen molar-refractivity contribution in [2.45, 2.75) is 31.7 Å². The van der Waals surface area contributed by atoms with Gasteiger partial charge < -0.3 is 5.11 Å². The summed E-state index contributed by atoms with van der Waals surface area (Å²) in [6.45, 7) is 2.59. The van der Waals surface area contributed by atoms with Gasteiger partial charge in [-0.25, -0.2) is 0 Å². The van der Waals surface area contributed by atoms with Crippen LogP contribution in [0.4, 0.5) is 0 Å². The van der Waals surface area contributed by atoms with E-state index in [1.54, 1.807) is 0 Å². The third kappa shape index (κ3) is 3.03. The van der Waals surface area contributed by atoms with Crippen LogP contribution < -0.4 is 0 Å². The molecule has 1 saturated heterocycles. The molecule has 1 atom stereocenters. The van der Waals surface area contributed by atoms with Crippen LogP contribution in [0, 0.1) is 0 Å². The Bertz CT molecular complexity index is 273. The lowest BCUT2D eigenvalue weighted by atomic mass is 10.0. The molecule has 1 aliphatic rings. The van der Waals surface area contributed by atoms with Gasteiger partial charge in [-0.3, -0.25) is 4.90 Å². The van der Waals surface area contributed by atoms with Crippen LogP contribution in [-0.4, -0.2) is 35.7 Å². The highest BCUT2D eigenvalue weighted by atomic mass is 32.1. The lowest BCUT2D eigenvalue weighted by Gasteiger charge is -2.34. The van der Waals surface area contributed by atoms with E-state index >= 15 is 0 Å². The zero-order valence-electron chi connectivity index (χ0n) is 9.06. The van der Waals surface area contributed by atoms with Crippen LogP contribution in [0.5, 0.6) is 0 Å². The van der Waals surface area contributed by atoms with Gasteiger partial charge in [0.2, 0.25) is 0 Å². The molecule has 84 valence electrons. The van der Waals surface area contributed by atoms with E-state index in [2.05, 4.69) is 22.4 Å². The summed E-state index contributed by atoms with van der Waals surface area (Å²) >= 11 is 1.83. The monoisotopic (exact) mass is 225 g/mol. The Balaban J connectivity index is 1.81. The molecule has 0 aromatic carbocycles. The number of aliphatic hydroxyl groups excluding tert-OH is 1. The van der Waals surface area contributed by atoms with E-state index in [9.17, 15) is 5.11 Å². The van der Waals surface area contributed by atoms with Gasteiger partial charge in [-0.15, -0.1) is 11.3 Å². The Morgan fingerprint density at radius 2 is 2.40 bits per heavy atom. The minimum Gasteiger partial charge on any atom is -0.395 e. The predicted octanol–water partition coefficient (Wildman–Crippen LogP) is 2.14. The van der Waals surface area contributed by atoms with Gasteiger partial charge in [0.25, 0.3) is 0 Å². The van der Waals surface area contributed by atoms with Gasteiger partial charge in [-0.2, -0.15) is 0 Å². The number of nitrogens with zero attached hydrogens (tertiary/aromatic N) is 1. The molecule has 0 radical (unpaired) electrons. The fourth-order valence-corrected chi connectivity index (χ4v) is 2.97. The number of aliphatic hydroxyl groups is 1.